The Morgan fingerprint density at radius 1 is 0.839 bits per heavy atom. The highest BCUT2D eigenvalue weighted by molar-refractivity contribution is 6.32. The lowest BCUT2D eigenvalue weighted by Gasteiger charge is -2.16. The van der Waals surface area contributed by atoms with Crippen molar-refractivity contribution in [1.82, 2.24) is 0 Å². The molecule has 2 aliphatic rings. The molecule has 0 fully saturated rings. The monoisotopic (exact) mass is 409 g/mol. The highest BCUT2D eigenvalue weighted by Gasteiger charge is 2.38. The standard InChI is InChI=1S/C27H23NO3/c1-2-3-8-20-19-9-4-5-10-21(19)25-24(20)22-11-6-7-12-23(22)26(25)27(29)17-13-15-18(16-14-17)28(30)31/h4-7,9-16,27,29H,2-3,8H2,1H3. The van der Waals surface area contributed by atoms with Crippen molar-refractivity contribution in [3.05, 3.63) is 111 Å². The third-order valence-electron chi connectivity index (χ3n) is 6.30. The summed E-state index contributed by atoms with van der Waals surface area (Å²) in [6.45, 7) is 2.20. The summed E-state index contributed by atoms with van der Waals surface area (Å²) in [5, 5.41) is 22.5. The van der Waals surface area contributed by atoms with Gasteiger partial charge in [0.2, 0.25) is 0 Å². The first kappa shape index (κ1) is 19.5. The first-order valence-corrected chi connectivity index (χ1v) is 10.7. The summed E-state index contributed by atoms with van der Waals surface area (Å²) in [6, 6.07) is 22.9. The highest BCUT2D eigenvalue weighted by Crippen LogP contribution is 2.58. The van der Waals surface area contributed by atoms with Crippen molar-refractivity contribution >= 4 is 28.0 Å². The maximum absolute atomic E-state index is 11.5. The van der Waals surface area contributed by atoms with Gasteiger partial charge in [-0.3, -0.25) is 10.1 Å². The molecule has 0 spiro atoms. The fourth-order valence-electron chi connectivity index (χ4n) is 4.87. The van der Waals surface area contributed by atoms with Gasteiger partial charge in [0.1, 0.15) is 6.10 Å². The quantitative estimate of drug-likeness (QED) is 0.365. The molecule has 1 unspecified atom stereocenters. The molecule has 0 saturated carbocycles. The second kappa shape index (κ2) is 7.64. The minimum atomic E-state index is -0.868. The van der Waals surface area contributed by atoms with Crippen molar-refractivity contribution in [3.63, 3.8) is 0 Å². The smallest absolute Gasteiger partial charge is 0.269 e. The van der Waals surface area contributed by atoms with E-state index >= 15 is 0 Å². The molecule has 0 saturated heterocycles. The summed E-state index contributed by atoms with van der Waals surface area (Å²) in [4.78, 5) is 10.6. The number of nitrogens with zero attached hydrogens (tertiary/aromatic N) is 1. The van der Waals surface area contributed by atoms with E-state index in [1.165, 1.54) is 28.8 Å². The van der Waals surface area contributed by atoms with Gasteiger partial charge in [0.05, 0.1) is 4.92 Å². The van der Waals surface area contributed by atoms with E-state index in [0.717, 1.165) is 47.1 Å². The Labute approximate surface area is 181 Å². The fraction of sp³-hybridized carbons (Fsp3) is 0.185. The number of aliphatic hydroxyl groups is 1. The number of hydrogen-bond donors (Lipinski definition) is 1. The zero-order valence-electron chi connectivity index (χ0n) is 17.3. The van der Waals surface area contributed by atoms with Gasteiger partial charge in [-0.15, -0.1) is 0 Å². The number of rotatable bonds is 6. The lowest BCUT2D eigenvalue weighted by molar-refractivity contribution is -0.384. The van der Waals surface area contributed by atoms with Crippen molar-refractivity contribution in [3.8, 4) is 0 Å². The van der Waals surface area contributed by atoms with Crippen LogP contribution in [0, 0.1) is 10.1 Å². The van der Waals surface area contributed by atoms with E-state index in [1.807, 2.05) is 18.2 Å². The molecule has 0 heterocycles. The molecule has 154 valence electrons. The van der Waals surface area contributed by atoms with Gasteiger partial charge < -0.3 is 5.11 Å². The molecule has 1 atom stereocenters. The second-order valence-electron chi connectivity index (χ2n) is 8.09. The van der Waals surface area contributed by atoms with Crippen molar-refractivity contribution in [2.45, 2.75) is 32.3 Å². The van der Waals surface area contributed by atoms with Crippen molar-refractivity contribution < 1.29 is 10.0 Å². The van der Waals surface area contributed by atoms with Crippen molar-refractivity contribution in [2.24, 2.45) is 0 Å². The Kier molecular flexibility index (Phi) is 4.79. The molecule has 0 radical (unpaired) electrons. The average Bonchev–Trinajstić information content (AvgIpc) is 3.30. The molecule has 0 bridgehead atoms. The summed E-state index contributed by atoms with van der Waals surface area (Å²) in [7, 11) is 0. The van der Waals surface area contributed by atoms with E-state index in [9.17, 15) is 15.2 Å². The van der Waals surface area contributed by atoms with Crippen LogP contribution in [0.2, 0.25) is 0 Å². The molecule has 0 aromatic heterocycles. The Morgan fingerprint density at radius 3 is 2.03 bits per heavy atom. The summed E-state index contributed by atoms with van der Waals surface area (Å²) in [5.74, 6) is 0. The van der Waals surface area contributed by atoms with E-state index in [-0.39, 0.29) is 5.69 Å². The van der Waals surface area contributed by atoms with Crippen LogP contribution in [-0.4, -0.2) is 10.0 Å². The Bertz CT molecular complexity index is 1250. The van der Waals surface area contributed by atoms with Crippen LogP contribution in [0.1, 0.15) is 60.1 Å². The molecule has 0 aliphatic heterocycles. The van der Waals surface area contributed by atoms with Gasteiger partial charge in [-0.2, -0.15) is 0 Å². The first-order chi connectivity index (χ1) is 15.1. The van der Waals surface area contributed by atoms with Crippen LogP contribution in [-0.2, 0) is 0 Å². The number of fused-ring (bicyclic) bond motifs is 5. The SMILES string of the molecule is CCCCC1=C2C(=C(C(O)c3ccc([N+](=O)[O-])cc3)c3ccccc32)c2ccccc21. The van der Waals surface area contributed by atoms with Gasteiger partial charge in [0.15, 0.2) is 0 Å². The fourth-order valence-corrected chi connectivity index (χ4v) is 4.87. The third-order valence-corrected chi connectivity index (χ3v) is 6.30. The molecule has 1 N–H and O–H groups in total. The van der Waals surface area contributed by atoms with Crippen LogP contribution < -0.4 is 0 Å². The van der Waals surface area contributed by atoms with Crippen LogP contribution >= 0.6 is 0 Å². The number of non-ortho nitro benzene ring substituents is 1. The van der Waals surface area contributed by atoms with E-state index in [4.69, 9.17) is 0 Å². The Morgan fingerprint density at radius 2 is 1.42 bits per heavy atom. The second-order valence-corrected chi connectivity index (χ2v) is 8.09. The van der Waals surface area contributed by atoms with Crippen LogP contribution in [0.4, 0.5) is 5.69 Å². The molecule has 4 heteroatoms. The highest BCUT2D eigenvalue weighted by atomic mass is 16.6. The molecule has 3 aromatic carbocycles. The summed E-state index contributed by atoms with van der Waals surface area (Å²) in [6.07, 6.45) is 2.37. The number of unbranched alkanes of at least 4 members (excludes halogenated alkanes) is 1. The molecule has 2 aliphatic carbocycles. The normalized spacial score (nSPS) is 15.0. The first-order valence-electron chi connectivity index (χ1n) is 10.7. The minimum absolute atomic E-state index is 0.0223. The summed E-state index contributed by atoms with van der Waals surface area (Å²) < 4.78 is 0. The zero-order chi connectivity index (χ0) is 21.5. The van der Waals surface area contributed by atoms with Crippen molar-refractivity contribution in [1.29, 1.82) is 0 Å². The number of aliphatic hydroxyl groups excluding tert-OH is 1. The predicted octanol–water partition coefficient (Wildman–Crippen LogP) is 6.67. The predicted molar refractivity (Wildman–Crippen MR) is 124 cm³/mol. The third kappa shape index (κ3) is 3.03. The topological polar surface area (TPSA) is 63.4 Å². The molecule has 4 nitrogen and oxygen atoms in total. The maximum atomic E-state index is 11.5. The van der Waals surface area contributed by atoms with E-state index in [1.54, 1.807) is 12.1 Å². The maximum Gasteiger partial charge on any atom is 0.269 e. The zero-order valence-corrected chi connectivity index (χ0v) is 17.3. The van der Waals surface area contributed by atoms with Gasteiger partial charge in [-0.05, 0) is 69.5 Å². The summed E-state index contributed by atoms with van der Waals surface area (Å²) in [5.41, 5.74) is 9.88. The lowest BCUT2D eigenvalue weighted by Crippen LogP contribution is -2.02. The van der Waals surface area contributed by atoms with Gasteiger partial charge in [0, 0.05) is 17.7 Å². The molecule has 5 rings (SSSR count). The number of nitro groups is 1. The van der Waals surface area contributed by atoms with Gasteiger partial charge in [0.25, 0.3) is 5.69 Å². The van der Waals surface area contributed by atoms with E-state index in [2.05, 4.69) is 37.3 Å². The average molecular weight is 409 g/mol. The number of allylic oxidation sites excluding steroid dienone is 3. The van der Waals surface area contributed by atoms with Gasteiger partial charge in [-0.1, -0.05) is 61.9 Å². The number of hydrogen-bond acceptors (Lipinski definition) is 3. The number of benzene rings is 3. The Balaban J connectivity index is 1.73. The minimum Gasteiger partial charge on any atom is -0.384 e. The van der Waals surface area contributed by atoms with Crippen LogP contribution in [0.15, 0.2) is 72.8 Å². The largest absolute Gasteiger partial charge is 0.384 e. The summed E-state index contributed by atoms with van der Waals surface area (Å²) >= 11 is 0. The molecule has 0 amide bonds. The van der Waals surface area contributed by atoms with E-state index in [0.29, 0.717) is 5.56 Å². The van der Waals surface area contributed by atoms with Crippen LogP contribution in [0.5, 0.6) is 0 Å². The van der Waals surface area contributed by atoms with Gasteiger partial charge in [-0.25, -0.2) is 0 Å². The van der Waals surface area contributed by atoms with E-state index < -0.39 is 11.0 Å². The Hall–Kier alpha value is -3.50. The van der Waals surface area contributed by atoms with Crippen molar-refractivity contribution in [2.75, 3.05) is 0 Å². The lowest BCUT2D eigenvalue weighted by atomic mass is 9.91. The molecular weight excluding hydrogens is 386 g/mol. The molecule has 31 heavy (non-hydrogen) atoms. The molecule has 3 aromatic rings. The number of nitro benzene ring substituents is 1. The van der Waals surface area contributed by atoms with Gasteiger partial charge >= 0.3 is 0 Å². The van der Waals surface area contributed by atoms with Crippen LogP contribution in [0.25, 0.3) is 22.3 Å². The molecular formula is C27H23NO3. The van der Waals surface area contributed by atoms with Crippen LogP contribution in [0.3, 0.4) is 0 Å².